The lowest BCUT2D eigenvalue weighted by Crippen LogP contribution is -2.37. The molecule has 1 aliphatic carbocycles. The first kappa shape index (κ1) is 15.5. The van der Waals surface area contributed by atoms with Gasteiger partial charge in [0.15, 0.2) is 0 Å². The molecule has 3 N–H and O–H groups in total. The summed E-state index contributed by atoms with van der Waals surface area (Å²) >= 11 is 0. The molecule has 1 saturated carbocycles. The summed E-state index contributed by atoms with van der Waals surface area (Å²) in [6.45, 7) is 4.13. The molecule has 0 bridgehead atoms. The summed E-state index contributed by atoms with van der Waals surface area (Å²) in [5, 5.41) is 0. The predicted octanol–water partition coefficient (Wildman–Crippen LogP) is 2.31. The van der Waals surface area contributed by atoms with Crippen molar-refractivity contribution in [3.05, 3.63) is 29.3 Å². The second-order valence-corrected chi connectivity index (χ2v) is 7.44. The van der Waals surface area contributed by atoms with Crippen molar-refractivity contribution in [2.24, 2.45) is 11.7 Å². The van der Waals surface area contributed by atoms with Gasteiger partial charge in [0, 0.05) is 12.6 Å². The molecule has 0 saturated heterocycles. The second-order valence-electron chi connectivity index (χ2n) is 5.76. The number of nitrogens with two attached hydrogens (primary N) is 1. The zero-order chi connectivity index (χ0) is 14.8. The third-order valence-electron chi connectivity index (χ3n) is 4.23. The molecule has 0 aromatic heterocycles. The van der Waals surface area contributed by atoms with Crippen molar-refractivity contribution in [2.75, 3.05) is 0 Å². The van der Waals surface area contributed by atoms with E-state index in [1.807, 2.05) is 26.0 Å². The van der Waals surface area contributed by atoms with Gasteiger partial charge in [-0.15, -0.1) is 0 Å². The summed E-state index contributed by atoms with van der Waals surface area (Å²) in [5.41, 5.74) is 7.19. The summed E-state index contributed by atoms with van der Waals surface area (Å²) in [7, 11) is -3.47. The van der Waals surface area contributed by atoms with E-state index in [9.17, 15) is 8.42 Å². The largest absolute Gasteiger partial charge is 0.326 e. The van der Waals surface area contributed by atoms with Crippen molar-refractivity contribution in [1.82, 2.24) is 4.72 Å². The number of benzene rings is 1. The van der Waals surface area contributed by atoms with Gasteiger partial charge in [0.2, 0.25) is 10.0 Å². The molecule has 0 radical (unpaired) electrons. The van der Waals surface area contributed by atoms with Crippen LogP contribution in [-0.4, -0.2) is 14.5 Å². The molecule has 0 heterocycles. The molecule has 1 unspecified atom stereocenters. The van der Waals surface area contributed by atoms with Gasteiger partial charge in [0.1, 0.15) is 0 Å². The smallest absolute Gasteiger partial charge is 0.241 e. The van der Waals surface area contributed by atoms with E-state index in [1.54, 1.807) is 6.07 Å². The topological polar surface area (TPSA) is 72.2 Å². The zero-order valence-electron chi connectivity index (χ0n) is 12.2. The van der Waals surface area contributed by atoms with Crippen molar-refractivity contribution in [2.45, 2.75) is 57.0 Å². The van der Waals surface area contributed by atoms with Gasteiger partial charge in [-0.2, -0.15) is 0 Å². The van der Waals surface area contributed by atoms with Crippen LogP contribution in [0.3, 0.4) is 0 Å². The molecule has 0 amide bonds. The Morgan fingerprint density at radius 1 is 1.35 bits per heavy atom. The summed E-state index contributed by atoms with van der Waals surface area (Å²) in [4.78, 5) is 0.352. The van der Waals surface area contributed by atoms with E-state index in [0.717, 1.165) is 24.0 Å². The fraction of sp³-hybridized carbons (Fsp3) is 0.600. The number of nitrogens with one attached hydrogen (secondary N) is 1. The van der Waals surface area contributed by atoms with E-state index < -0.39 is 10.0 Å². The van der Waals surface area contributed by atoms with E-state index in [4.69, 9.17) is 5.73 Å². The predicted molar refractivity (Wildman–Crippen MR) is 80.8 cm³/mol. The molecule has 1 atom stereocenters. The van der Waals surface area contributed by atoms with Crippen LogP contribution < -0.4 is 10.5 Å². The number of rotatable bonds is 5. The lowest BCUT2D eigenvalue weighted by molar-refractivity contribution is 0.424. The first-order chi connectivity index (χ1) is 9.44. The van der Waals surface area contributed by atoms with E-state index in [1.165, 1.54) is 12.8 Å². The Kier molecular flexibility index (Phi) is 4.83. The van der Waals surface area contributed by atoms with Crippen LogP contribution in [0.15, 0.2) is 23.1 Å². The van der Waals surface area contributed by atoms with Gasteiger partial charge in [-0.05, 0) is 49.8 Å². The molecule has 1 aliphatic rings. The van der Waals surface area contributed by atoms with Crippen LogP contribution in [-0.2, 0) is 16.6 Å². The SMILES string of the molecule is Cc1ccc(CN)cc1S(=O)(=O)NC(C)C1CCCC1. The second kappa shape index (κ2) is 6.24. The van der Waals surface area contributed by atoms with Crippen molar-refractivity contribution < 1.29 is 8.42 Å². The van der Waals surface area contributed by atoms with Crippen LogP contribution in [0, 0.1) is 12.8 Å². The molecule has 20 heavy (non-hydrogen) atoms. The van der Waals surface area contributed by atoms with Gasteiger partial charge in [-0.1, -0.05) is 25.0 Å². The van der Waals surface area contributed by atoms with Crippen LogP contribution in [0.5, 0.6) is 0 Å². The molecular formula is C15H24N2O2S. The van der Waals surface area contributed by atoms with Crippen molar-refractivity contribution >= 4 is 10.0 Å². The molecule has 0 spiro atoms. The summed E-state index contributed by atoms with van der Waals surface area (Å²) in [6.07, 6.45) is 4.65. The fourth-order valence-corrected chi connectivity index (χ4v) is 4.53. The van der Waals surface area contributed by atoms with Crippen LogP contribution in [0.25, 0.3) is 0 Å². The molecule has 1 aromatic rings. The molecule has 0 aliphatic heterocycles. The van der Waals surface area contributed by atoms with Crippen LogP contribution in [0.1, 0.15) is 43.7 Å². The number of hydrogen-bond acceptors (Lipinski definition) is 3. The highest BCUT2D eigenvalue weighted by Crippen LogP contribution is 2.28. The molecule has 1 aromatic carbocycles. The highest BCUT2D eigenvalue weighted by Gasteiger charge is 2.26. The quantitative estimate of drug-likeness (QED) is 0.876. The molecular weight excluding hydrogens is 272 g/mol. The Morgan fingerprint density at radius 3 is 2.60 bits per heavy atom. The van der Waals surface area contributed by atoms with Crippen molar-refractivity contribution in [3.63, 3.8) is 0 Å². The van der Waals surface area contributed by atoms with Gasteiger partial charge in [0.25, 0.3) is 0 Å². The molecule has 5 heteroatoms. The van der Waals surface area contributed by atoms with Gasteiger partial charge in [-0.3, -0.25) is 0 Å². The summed E-state index contributed by atoms with van der Waals surface area (Å²) in [5.74, 6) is 0.461. The highest BCUT2D eigenvalue weighted by molar-refractivity contribution is 7.89. The third-order valence-corrected chi connectivity index (χ3v) is 5.93. The fourth-order valence-electron chi connectivity index (χ4n) is 2.92. The van der Waals surface area contributed by atoms with Crippen molar-refractivity contribution in [3.8, 4) is 0 Å². The average molecular weight is 296 g/mol. The van der Waals surface area contributed by atoms with Crippen LogP contribution >= 0.6 is 0 Å². The number of sulfonamides is 1. The highest BCUT2D eigenvalue weighted by atomic mass is 32.2. The average Bonchev–Trinajstić information content (AvgIpc) is 2.92. The lowest BCUT2D eigenvalue weighted by atomic mass is 10.0. The van der Waals surface area contributed by atoms with E-state index in [2.05, 4.69) is 4.72 Å². The maximum atomic E-state index is 12.5. The minimum Gasteiger partial charge on any atom is -0.326 e. The first-order valence-corrected chi connectivity index (χ1v) is 8.74. The van der Waals surface area contributed by atoms with Crippen LogP contribution in [0.4, 0.5) is 0 Å². The summed E-state index contributed by atoms with van der Waals surface area (Å²) < 4.78 is 27.9. The first-order valence-electron chi connectivity index (χ1n) is 7.26. The normalized spacial score (nSPS) is 18.4. The molecule has 2 rings (SSSR count). The minimum absolute atomic E-state index is 0.0107. The van der Waals surface area contributed by atoms with Gasteiger partial charge in [0.05, 0.1) is 4.90 Å². The maximum Gasteiger partial charge on any atom is 0.241 e. The van der Waals surface area contributed by atoms with Gasteiger partial charge < -0.3 is 5.73 Å². The molecule has 1 fully saturated rings. The van der Waals surface area contributed by atoms with E-state index >= 15 is 0 Å². The maximum absolute atomic E-state index is 12.5. The van der Waals surface area contributed by atoms with Gasteiger partial charge in [-0.25, -0.2) is 13.1 Å². The number of aryl methyl sites for hydroxylation is 1. The zero-order valence-corrected chi connectivity index (χ0v) is 13.0. The summed E-state index contributed by atoms with van der Waals surface area (Å²) in [6, 6.07) is 5.36. The van der Waals surface area contributed by atoms with E-state index in [-0.39, 0.29) is 6.04 Å². The lowest BCUT2D eigenvalue weighted by Gasteiger charge is -2.21. The van der Waals surface area contributed by atoms with E-state index in [0.29, 0.717) is 17.4 Å². The number of hydrogen-bond donors (Lipinski definition) is 2. The molecule has 4 nitrogen and oxygen atoms in total. The Bertz CT molecular complexity index is 563. The Morgan fingerprint density at radius 2 is 2.00 bits per heavy atom. The van der Waals surface area contributed by atoms with Gasteiger partial charge >= 0.3 is 0 Å². The Labute approximate surface area is 121 Å². The third kappa shape index (κ3) is 3.40. The Balaban J connectivity index is 2.21. The monoisotopic (exact) mass is 296 g/mol. The minimum atomic E-state index is -3.47. The van der Waals surface area contributed by atoms with Crippen molar-refractivity contribution in [1.29, 1.82) is 0 Å². The molecule has 112 valence electrons. The Hall–Kier alpha value is -0.910. The standard InChI is InChI=1S/C15H24N2O2S/c1-11-7-8-13(10-16)9-15(11)20(18,19)17-12(2)14-5-3-4-6-14/h7-9,12,14,17H,3-6,10,16H2,1-2H3. The van der Waals surface area contributed by atoms with Crippen LogP contribution in [0.2, 0.25) is 0 Å².